The van der Waals surface area contributed by atoms with E-state index >= 15 is 0 Å². The Labute approximate surface area is 149 Å². The molecule has 1 N–H and O–H groups in total. The lowest BCUT2D eigenvalue weighted by molar-refractivity contribution is 0.102. The van der Waals surface area contributed by atoms with Crippen LogP contribution in [-0.4, -0.2) is 38.5 Å². The third-order valence-corrected chi connectivity index (χ3v) is 5.83. The topological polar surface area (TPSA) is 66.5 Å². The molecule has 2 aromatic rings. The van der Waals surface area contributed by atoms with Gasteiger partial charge in [0.05, 0.1) is 10.6 Å². The van der Waals surface area contributed by atoms with Gasteiger partial charge in [0.1, 0.15) is 0 Å². The first-order chi connectivity index (χ1) is 11.7. The van der Waals surface area contributed by atoms with E-state index < -0.39 is 21.7 Å². The lowest BCUT2D eigenvalue weighted by Gasteiger charge is -2.13. The molecule has 0 saturated carbocycles. The van der Waals surface area contributed by atoms with Crippen LogP contribution < -0.4 is 5.32 Å². The number of alkyl halides is 2. The Bertz CT molecular complexity index is 871. The first-order valence-electron chi connectivity index (χ1n) is 7.09. The van der Waals surface area contributed by atoms with Gasteiger partial charge in [0, 0.05) is 24.6 Å². The van der Waals surface area contributed by atoms with E-state index in [0.717, 1.165) is 4.31 Å². The van der Waals surface area contributed by atoms with E-state index in [1.54, 1.807) is 12.1 Å². The second-order valence-electron chi connectivity index (χ2n) is 5.14. The van der Waals surface area contributed by atoms with Crippen molar-refractivity contribution in [2.45, 2.75) is 15.5 Å². The summed E-state index contributed by atoms with van der Waals surface area (Å²) < 4.78 is 50.5. The van der Waals surface area contributed by atoms with Gasteiger partial charge in [-0.2, -0.15) is 8.78 Å². The smallest absolute Gasteiger partial charge is 0.288 e. The van der Waals surface area contributed by atoms with E-state index in [4.69, 9.17) is 0 Å². The molecular formula is C16H16F2N2O3S2. The van der Waals surface area contributed by atoms with Gasteiger partial charge in [-0.25, -0.2) is 12.7 Å². The number of halogens is 2. The number of hydrogen-bond donors (Lipinski definition) is 1. The van der Waals surface area contributed by atoms with Crippen molar-refractivity contribution in [3.63, 3.8) is 0 Å². The van der Waals surface area contributed by atoms with Gasteiger partial charge < -0.3 is 5.32 Å². The molecule has 0 aliphatic carbocycles. The standard InChI is InChI=1S/C16H16F2N2O3S2/c1-20(2)25(22,23)12-7-5-6-11(10-12)15(21)19-13-8-3-4-9-14(13)24-16(17)18/h3-10,16H,1-2H3,(H,19,21). The molecule has 2 aromatic carbocycles. The molecule has 2 rings (SSSR count). The Morgan fingerprint density at radius 1 is 1.12 bits per heavy atom. The zero-order valence-corrected chi connectivity index (χ0v) is 15.1. The van der Waals surface area contributed by atoms with Crippen LogP contribution in [-0.2, 0) is 10.0 Å². The van der Waals surface area contributed by atoms with Crippen molar-refractivity contribution in [3.05, 3.63) is 54.1 Å². The largest absolute Gasteiger partial charge is 0.321 e. The fraction of sp³-hybridized carbons (Fsp3) is 0.188. The lowest BCUT2D eigenvalue weighted by Crippen LogP contribution is -2.22. The zero-order valence-electron chi connectivity index (χ0n) is 13.4. The van der Waals surface area contributed by atoms with Gasteiger partial charge in [0.2, 0.25) is 10.0 Å². The van der Waals surface area contributed by atoms with Crippen LogP contribution in [0.4, 0.5) is 14.5 Å². The van der Waals surface area contributed by atoms with Crippen molar-refractivity contribution < 1.29 is 22.0 Å². The van der Waals surface area contributed by atoms with Gasteiger partial charge in [0.25, 0.3) is 11.7 Å². The Morgan fingerprint density at radius 3 is 2.44 bits per heavy atom. The molecule has 0 heterocycles. The number of nitrogens with one attached hydrogen (secondary N) is 1. The highest BCUT2D eigenvalue weighted by atomic mass is 32.2. The summed E-state index contributed by atoms with van der Waals surface area (Å²) in [6, 6.07) is 11.7. The SMILES string of the molecule is CN(C)S(=O)(=O)c1cccc(C(=O)Nc2ccccc2SC(F)F)c1. The second-order valence-corrected chi connectivity index (χ2v) is 8.33. The number of thioether (sulfide) groups is 1. The van der Waals surface area contributed by atoms with E-state index in [-0.39, 0.29) is 21.0 Å². The fourth-order valence-corrected chi connectivity index (χ4v) is 3.51. The highest BCUT2D eigenvalue weighted by molar-refractivity contribution is 7.99. The Hall–Kier alpha value is -1.97. The van der Waals surface area contributed by atoms with Crippen LogP contribution in [0.2, 0.25) is 0 Å². The number of carbonyl (C=O) groups is 1. The molecule has 0 saturated heterocycles. The van der Waals surface area contributed by atoms with Crippen molar-refractivity contribution in [3.8, 4) is 0 Å². The number of hydrogen-bond acceptors (Lipinski definition) is 4. The number of sulfonamides is 1. The predicted octanol–water partition coefficient (Wildman–Crippen LogP) is 3.50. The molecule has 0 aliphatic heterocycles. The minimum absolute atomic E-state index is 0.0274. The summed E-state index contributed by atoms with van der Waals surface area (Å²) in [6.45, 7) is 0. The first kappa shape index (κ1) is 19.4. The Balaban J connectivity index is 2.29. The van der Waals surface area contributed by atoms with Crippen LogP contribution in [0.15, 0.2) is 58.3 Å². The summed E-state index contributed by atoms with van der Waals surface area (Å²) in [5.74, 6) is -3.20. The summed E-state index contributed by atoms with van der Waals surface area (Å²) in [5, 5.41) is 2.54. The molecule has 1 amide bonds. The van der Waals surface area contributed by atoms with Crippen molar-refractivity contribution >= 4 is 33.4 Å². The third-order valence-electron chi connectivity index (χ3n) is 3.23. The summed E-state index contributed by atoms with van der Waals surface area (Å²) in [5.41, 5.74) is 0.346. The molecule has 9 heteroatoms. The van der Waals surface area contributed by atoms with Gasteiger partial charge in [-0.15, -0.1) is 0 Å². The van der Waals surface area contributed by atoms with Crippen molar-refractivity contribution in [2.75, 3.05) is 19.4 Å². The normalized spacial score (nSPS) is 11.8. The summed E-state index contributed by atoms with van der Waals surface area (Å²) in [6.07, 6.45) is 0. The zero-order chi connectivity index (χ0) is 18.6. The van der Waals surface area contributed by atoms with Crippen LogP contribution in [0.1, 0.15) is 10.4 Å². The quantitative estimate of drug-likeness (QED) is 0.772. The molecule has 134 valence electrons. The molecule has 0 aliphatic rings. The molecule has 0 radical (unpaired) electrons. The molecule has 0 atom stereocenters. The number of nitrogens with zero attached hydrogens (tertiary/aromatic N) is 1. The summed E-state index contributed by atoms with van der Waals surface area (Å²) >= 11 is 0.323. The van der Waals surface area contributed by atoms with Gasteiger partial charge in [-0.05, 0) is 30.3 Å². The molecule has 0 fully saturated rings. The minimum Gasteiger partial charge on any atom is -0.321 e. The first-order valence-corrected chi connectivity index (χ1v) is 9.41. The van der Waals surface area contributed by atoms with Crippen LogP contribution in [0.25, 0.3) is 0 Å². The summed E-state index contributed by atoms with van der Waals surface area (Å²) in [7, 11) is -0.902. The number of carbonyl (C=O) groups excluding carboxylic acids is 1. The van der Waals surface area contributed by atoms with E-state index in [9.17, 15) is 22.0 Å². The van der Waals surface area contributed by atoms with Gasteiger partial charge >= 0.3 is 0 Å². The molecule has 0 spiro atoms. The fourth-order valence-electron chi connectivity index (χ4n) is 1.97. The molecular weight excluding hydrogens is 370 g/mol. The Kier molecular flexibility index (Phi) is 6.15. The van der Waals surface area contributed by atoms with Crippen molar-refractivity contribution in [1.29, 1.82) is 0 Å². The minimum atomic E-state index is -3.68. The van der Waals surface area contributed by atoms with Crippen LogP contribution in [0, 0.1) is 0 Å². The maximum atomic E-state index is 12.6. The number of rotatable bonds is 6. The van der Waals surface area contributed by atoms with E-state index in [0.29, 0.717) is 11.8 Å². The average Bonchev–Trinajstić information content (AvgIpc) is 2.56. The van der Waals surface area contributed by atoms with Gasteiger partial charge in [-0.3, -0.25) is 4.79 Å². The van der Waals surface area contributed by atoms with Crippen LogP contribution in [0.3, 0.4) is 0 Å². The van der Waals surface area contributed by atoms with Crippen LogP contribution in [0.5, 0.6) is 0 Å². The molecule has 0 bridgehead atoms. The molecule has 0 unspecified atom stereocenters. The number of para-hydroxylation sites is 1. The Morgan fingerprint density at radius 2 is 1.80 bits per heavy atom. The van der Waals surface area contributed by atoms with Gasteiger partial charge in [-0.1, -0.05) is 30.0 Å². The highest BCUT2D eigenvalue weighted by Gasteiger charge is 2.19. The maximum Gasteiger partial charge on any atom is 0.288 e. The highest BCUT2D eigenvalue weighted by Crippen LogP contribution is 2.31. The molecule has 25 heavy (non-hydrogen) atoms. The molecule has 0 aromatic heterocycles. The van der Waals surface area contributed by atoms with Gasteiger partial charge in [0.15, 0.2) is 0 Å². The van der Waals surface area contributed by atoms with Crippen molar-refractivity contribution in [2.24, 2.45) is 0 Å². The van der Waals surface area contributed by atoms with E-state index in [1.165, 1.54) is 50.5 Å². The lowest BCUT2D eigenvalue weighted by atomic mass is 10.2. The maximum absolute atomic E-state index is 12.6. The number of anilines is 1. The predicted molar refractivity (Wildman–Crippen MR) is 93.6 cm³/mol. The number of amides is 1. The average molecular weight is 386 g/mol. The number of benzene rings is 2. The van der Waals surface area contributed by atoms with Crippen molar-refractivity contribution in [1.82, 2.24) is 4.31 Å². The summed E-state index contributed by atoms with van der Waals surface area (Å²) in [4.78, 5) is 12.6. The van der Waals surface area contributed by atoms with Crippen LogP contribution >= 0.6 is 11.8 Å². The second kappa shape index (κ2) is 7.94. The van der Waals surface area contributed by atoms with E-state index in [1.807, 2.05) is 0 Å². The third kappa shape index (κ3) is 4.77. The monoisotopic (exact) mass is 386 g/mol. The van der Waals surface area contributed by atoms with E-state index in [2.05, 4.69) is 5.32 Å². The molecule has 5 nitrogen and oxygen atoms in total.